The summed E-state index contributed by atoms with van der Waals surface area (Å²) in [6.07, 6.45) is 1.52. The van der Waals surface area contributed by atoms with E-state index in [-0.39, 0.29) is 0 Å². The van der Waals surface area contributed by atoms with Gasteiger partial charge in [-0.15, -0.1) is 0 Å². The third kappa shape index (κ3) is 1.04. The number of aromatic nitrogens is 3. The summed E-state index contributed by atoms with van der Waals surface area (Å²) in [4.78, 5) is 3.81. The maximum Gasteiger partial charge on any atom is 0.175 e. The lowest BCUT2D eigenvalue weighted by molar-refractivity contribution is 0.178. The van der Waals surface area contributed by atoms with Gasteiger partial charge in [0.15, 0.2) is 5.82 Å². The summed E-state index contributed by atoms with van der Waals surface area (Å²) in [6, 6.07) is 0. The van der Waals surface area contributed by atoms with Crippen molar-refractivity contribution in [3.05, 3.63) is 12.2 Å². The lowest BCUT2D eigenvalue weighted by atomic mass is 10.7. The Kier molecular flexibility index (Phi) is 1.58. The smallest absolute Gasteiger partial charge is 0.175 e. The minimum atomic E-state index is 0.476. The van der Waals surface area contributed by atoms with Gasteiger partial charge in [-0.25, -0.2) is 4.98 Å². The van der Waals surface area contributed by atoms with Crippen LogP contribution in [0.3, 0.4) is 0 Å². The molecule has 44 valence electrons. The van der Waals surface area contributed by atoms with Gasteiger partial charge < -0.3 is 4.74 Å². The second kappa shape index (κ2) is 2.42. The van der Waals surface area contributed by atoms with Crippen molar-refractivity contribution in [3.8, 4) is 0 Å². The standard InChI is InChI=1S/C4H7N3O/c1-8-2-4-5-3-6-7-4/h3H,2H2,1H3,(H,5,6,7). The van der Waals surface area contributed by atoms with Gasteiger partial charge in [0, 0.05) is 7.11 Å². The molecule has 0 radical (unpaired) electrons. The predicted octanol–water partition coefficient (Wildman–Crippen LogP) is -0.0489. The second-order valence-electron chi connectivity index (χ2n) is 1.35. The van der Waals surface area contributed by atoms with Crippen LogP contribution in [-0.2, 0) is 11.3 Å². The van der Waals surface area contributed by atoms with Crippen LogP contribution < -0.4 is 0 Å². The molecule has 0 saturated heterocycles. The highest BCUT2D eigenvalue weighted by Crippen LogP contribution is 1.84. The number of nitrogens with one attached hydrogen (secondary N) is 1. The van der Waals surface area contributed by atoms with Crippen LogP contribution >= 0.6 is 0 Å². The van der Waals surface area contributed by atoms with Crippen molar-refractivity contribution >= 4 is 0 Å². The Labute approximate surface area is 46.9 Å². The first-order chi connectivity index (χ1) is 3.93. The van der Waals surface area contributed by atoms with Crippen molar-refractivity contribution in [2.24, 2.45) is 0 Å². The SMILES string of the molecule is COCc1nc[nH]n1. The molecular formula is C4H7N3O. The summed E-state index contributed by atoms with van der Waals surface area (Å²) in [5, 5.41) is 6.32. The van der Waals surface area contributed by atoms with Crippen molar-refractivity contribution in [1.82, 2.24) is 15.2 Å². The Hall–Kier alpha value is -0.900. The average Bonchev–Trinajstić information content (AvgIpc) is 2.19. The molecule has 1 N–H and O–H groups in total. The number of hydrogen-bond acceptors (Lipinski definition) is 3. The largest absolute Gasteiger partial charge is 0.377 e. The van der Waals surface area contributed by atoms with Gasteiger partial charge in [-0.05, 0) is 0 Å². The molecule has 0 unspecified atom stereocenters. The summed E-state index contributed by atoms with van der Waals surface area (Å²) >= 11 is 0. The molecule has 1 aromatic rings. The molecular weight excluding hydrogens is 106 g/mol. The number of H-pyrrole nitrogens is 1. The van der Waals surface area contributed by atoms with Gasteiger partial charge in [0.1, 0.15) is 12.9 Å². The number of methoxy groups -OCH3 is 1. The fourth-order valence-corrected chi connectivity index (χ4v) is 0.434. The Morgan fingerprint density at radius 1 is 1.88 bits per heavy atom. The maximum absolute atomic E-state index is 4.74. The van der Waals surface area contributed by atoms with E-state index in [1.165, 1.54) is 6.33 Å². The molecule has 0 atom stereocenters. The van der Waals surface area contributed by atoms with Gasteiger partial charge in [0.05, 0.1) is 0 Å². The molecule has 0 fully saturated rings. The van der Waals surface area contributed by atoms with Crippen LogP contribution in [0.4, 0.5) is 0 Å². The van der Waals surface area contributed by atoms with E-state index in [0.29, 0.717) is 12.4 Å². The van der Waals surface area contributed by atoms with Crippen LogP contribution in [0, 0.1) is 0 Å². The van der Waals surface area contributed by atoms with E-state index in [2.05, 4.69) is 15.2 Å². The zero-order valence-corrected chi connectivity index (χ0v) is 4.59. The summed E-state index contributed by atoms with van der Waals surface area (Å²) in [6.45, 7) is 0.476. The fraction of sp³-hybridized carbons (Fsp3) is 0.500. The minimum absolute atomic E-state index is 0.476. The summed E-state index contributed by atoms with van der Waals surface area (Å²) in [7, 11) is 1.61. The highest BCUT2D eigenvalue weighted by atomic mass is 16.5. The Balaban J connectivity index is 2.50. The number of aromatic amines is 1. The van der Waals surface area contributed by atoms with Crippen molar-refractivity contribution in [3.63, 3.8) is 0 Å². The minimum Gasteiger partial charge on any atom is -0.377 e. The Morgan fingerprint density at radius 2 is 2.75 bits per heavy atom. The first kappa shape index (κ1) is 5.24. The predicted molar refractivity (Wildman–Crippen MR) is 27.1 cm³/mol. The molecule has 0 aliphatic heterocycles. The van der Waals surface area contributed by atoms with E-state index < -0.39 is 0 Å². The number of hydrogen-bond donors (Lipinski definition) is 1. The molecule has 4 nitrogen and oxygen atoms in total. The molecule has 8 heavy (non-hydrogen) atoms. The van der Waals surface area contributed by atoms with Crippen LogP contribution in [-0.4, -0.2) is 22.3 Å². The van der Waals surface area contributed by atoms with Gasteiger partial charge in [-0.2, -0.15) is 5.10 Å². The zero-order chi connectivity index (χ0) is 5.82. The third-order valence-electron chi connectivity index (χ3n) is 0.738. The summed E-state index contributed by atoms with van der Waals surface area (Å²) < 4.78 is 4.74. The van der Waals surface area contributed by atoms with Crippen molar-refractivity contribution < 1.29 is 4.74 Å². The van der Waals surface area contributed by atoms with Crippen LogP contribution in [0.2, 0.25) is 0 Å². The van der Waals surface area contributed by atoms with Crippen LogP contribution in [0.15, 0.2) is 6.33 Å². The van der Waals surface area contributed by atoms with E-state index in [0.717, 1.165) is 0 Å². The van der Waals surface area contributed by atoms with Gasteiger partial charge in [0.25, 0.3) is 0 Å². The molecule has 0 aromatic carbocycles. The van der Waals surface area contributed by atoms with Gasteiger partial charge in [0.2, 0.25) is 0 Å². The molecule has 0 saturated carbocycles. The lowest BCUT2D eigenvalue weighted by Crippen LogP contribution is -1.88. The van der Waals surface area contributed by atoms with E-state index >= 15 is 0 Å². The first-order valence-corrected chi connectivity index (χ1v) is 2.27. The number of nitrogens with zero attached hydrogens (tertiary/aromatic N) is 2. The monoisotopic (exact) mass is 113 g/mol. The van der Waals surface area contributed by atoms with Gasteiger partial charge in [-0.3, -0.25) is 5.10 Å². The van der Waals surface area contributed by atoms with Gasteiger partial charge in [-0.1, -0.05) is 0 Å². The molecule has 0 aliphatic carbocycles. The van der Waals surface area contributed by atoms with Crippen molar-refractivity contribution in [1.29, 1.82) is 0 Å². The quantitative estimate of drug-likeness (QED) is 0.585. The average molecular weight is 113 g/mol. The van der Waals surface area contributed by atoms with Gasteiger partial charge >= 0.3 is 0 Å². The summed E-state index contributed by atoms with van der Waals surface area (Å²) in [5.74, 6) is 0.688. The normalized spacial score (nSPS) is 9.62. The van der Waals surface area contributed by atoms with E-state index in [1.54, 1.807) is 7.11 Å². The van der Waals surface area contributed by atoms with Crippen LogP contribution in [0.1, 0.15) is 5.82 Å². The van der Waals surface area contributed by atoms with Crippen LogP contribution in [0.25, 0.3) is 0 Å². The molecule has 0 spiro atoms. The summed E-state index contributed by atoms with van der Waals surface area (Å²) in [5.41, 5.74) is 0. The zero-order valence-electron chi connectivity index (χ0n) is 4.59. The first-order valence-electron chi connectivity index (χ1n) is 2.27. The number of rotatable bonds is 2. The fourth-order valence-electron chi connectivity index (χ4n) is 0.434. The van der Waals surface area contributed by atoms with E-state index in [1.807, 2.05) is 0 Å². The van der Waals surface area contributed by atoms with Crippen molar-refractivity contribution in [2.45, 2.75) is 6.61 Å². The Bertz CT molecular complexity index is 137. The molecule has 4 heteroatoms. The highest BCUT2D eigenvalue weighted by molar-refractivity contribution is 4.74. The van der Waals surface area contributed by atoms with Crippen molar-refractivity contribution in [2.75, 3.05) is 7.11 Å². The number of ether oxygens (including phenoxy) is 1. The topological polar surface area (TPSA) is 50.8 Å². The maximum atomic E-state index is 4.74. The molecule has 1 aromatic heterocycles. The third-order valence-corrected chi connectivity index (χ3v) is 0.738. The lowest BCUT2D eigenvalue weighted by Gasteiger charge is -1.86. The molecule has 1 heterocycles. The highest BCUT2D eigenvalue weighted by Gasteiger charge is 1.90. The molecule has 1 rings (SSSR count). The molecule has 0 bridgehead atoms. The molecule has 0 aliphatic rings. The Morgan fingerprint density at radius 3 is 3.25 bits per heavy atom. The van der Waals surface area contributed by atoms with E-state index in [9.17, 15) is 0 Å². The second-order valence-corrected chi connectivity index (χ2v) is 1.35. The van der Waals surface area contributed by atoms with E-state index in [4.69, 9.17) is 4.74 Å². The molecule has 0 amide bonds. The van der Waals surface area contributed by atoms with Crippen LogP contribution in [0.5, 0.6) is 0 Å².